The number of carbonyl (C=O) groups is 2. The Balaban J connectivity index is 2.49. The SMILES string of the molecule is CC(C)C(Sc1nc2ccccc2c(=O)n1CCCO)C(=O)NC(N)=O. The highest BCUT2D eigenvalue weighted by molar-refractivity contribution is 8.00. The van der Waals surface area contributed by atoms with Crippen LogP contribution in [0, 0.1) is 5.92 Å². The number of nitrogens with two attached hydrogens (primary N) is 1. The number of hydrogen-bond donors (Lipinski definition) is 3. The van der Waals surface area contributed by atoms with Crippen molar-refractivity contribution in [2.24, 2.45) is 11.7 Å². The molecule has 1 aromatic heterocycles. The van der Waals surface area contributed by atoms with Gasteiger partial charge in [0.2, 0.25) is 5.91 Å². The zero-order valence-electron chi connectivity index (χ0n) is 14.6. The lowest BCUT2D eigenvalue weighted by Crippen LogP contribution is -2.42. The zero-order chi connectivity index (χ0) is 19.3. The number of rotatable bonds is 7. The van der Waals surface area contributed by atoms with E-state index in [0.29, 0.717) is 22.5 Å². The number of para-hydroxylation sites is 1. The summed E-state index contributed by atoms with van der Waals surface area (Å²) in [5, 5.41) is 11.4. The normalized spacial score (nSPS) is 12.3. The van der Waals surface area contributed by atoms with Gasteiger partial charge in [-0.1, -0.05) is 37.7 Å². The number of primary amides is 1. The van der Waals surface area contributed by atoms with Crippen LogP contribution in [0.15, 0.2) is 34.2 Å². The Kier molecular flexibility index (Phi) is 6.76. The number of amides is 3. The molecule has 0 aliphatic carbocycles. The second-order valence-electron chi connectivity index (χ2n) is 6.08. The molecule has 1 unspecified atom stereocenters. The fraction of sp³-hybridized carbons (Fsp3) is 0.412. The van der Waals surface area contributed by atoms with E-state index in [1.165, 1.54) is 4.57 Å². The van der Waals surface area contributed by atoms with Crippen LogP contribution in [0.5, 0.6) is 0 Å². The number of nitrogens with one attached hydrogen (secondary N) is 1. The number of aliphatic hydroxyl groups is 1. The van der Waals surface area contributed by atoms with Crippen molar-refractivity contribution in [3.63, 3.8) is 0 Å². The minimum absolute atomic E-state index is 0.0703. The van der Waals surface area contributed by atoms with Crippen molar-refractivity contribution in [2.45, 2.75) is 37.2 Å². The highest BCUT2D eigenvalue weighted by Crippen LogP contribution is 2.27. The van der Waals surface area contributed by atoms with Gasteiger partial charge >= 0.3 is 6.03 Å². The van der Waals surface area contributed by atoms with E-state index >= 15 is 0 Å². The first kappa shape index (κ1) is 19.9. The number of imide groups is 1. The maximum atomic E-state index is 12.8. The predicted molar refractivity (Wildman–Crippen MR) is 99.9 cm³/mol. The lowest BCUT2D eigenvalue weighted by molar-refractivity contribution is -0.120. The van der Waals surface area contributed by atoms with Gasteiger partial charge in [0.1, 0.15) is 0 Å². The van der Waals surface area contributed by atoms with Crippen molar-refractivity contribution in [2.75, 3.05) is 6.61 Å². The topological polar surface area (TPSA) is 127 Å². The molecule has 9 heteroatoms. The van der Waals surface area contributed by atoms with Crippen LogP contribution in [0.2, 0.25) is 0 Å². The first-order valence-corrected chi connectivity index (χ1v) is 9.10. The van der Waals surface area contributed by atoms with Crippen LogP contribution in [-0.2, 0) is 11.3 Å². The van der Waals surface area contributed by atoms with E-state index in [1.54, 1.807) is 24.3 Å². The monoisotopic (exact) mass is 378 g/mol. The molecule has 2 rings (SSSR count). The Morgan fingerprint density at radius 3 is 2.65 bits per heavy atom. The summed E-state index contributed by atoms with van der Waals surface area (Å²) in [4.78, 5) is 40.6. The Labute approximate surface area is 154 Å². The summed E-state index contributed by atoms with van der Waals surface area (Å²) in [5.41, 5.74) is 5.33. The predicted octanol–water partition coefficient (Wildman–Crippen LogP) is 1.09. The van der Waals surface area contributed by atoms with Crippen molar-refractivity contribution in [3.8, 4) is 0 Å². The second-order valence-corrected chi connectivity index (χ2v) is 7.19. The van der Waals surface area contributed by atoms with Gasteiger partial charge in [-0.2, -0.15) is 0 Å². The molecule has 0 spiro atoms. The van der Waals surface area contributed by atoms with Crippen LogP contribution in [0.1, 0.15) is 20.3 Å². The van der Waals surface area contributed by atoms with Crippen LogP contribution in [-0.4, -0.2) is 38.5 Å². The zero-order valence-corrected chi connectivity index (χ0v) is 15.5. The molecule has 8 nitrogen and oxygen atoms in total. The smallest absolute Gasteiger partial charge is 0.318 e. The van der Waals surface area contributed by atoms with Gasteiger partial charge in [-0.3, -0.25) is 19.5 Å². The molecule has 0 aliphatic rings. The minimum Gasteiger partial charge on any atom is -0.396 e. The van der Waals surface area contributed by atoms with Gasteiger partial charge in [-0.15, -0.1) is 0 Å². The number of benzene rings is 1. The van der Waals surface area contributed by atoms with Crippen LogP contribution < -0.4 is 16.6 Å². The summed E-state index contributed by atoms with van der Waals surface area (Å²) < 4.78 is 1.45. The molecule has 1 aromatic carbocycles. The lowest BCUT2D eigenvalue weighted by atomic mass is 10.1. The average molecular weight is 378 g/mol. The molecule has 26 heavy (non-hydrogen) atoms. The lowest BCUT2D eigenvalue weighted by Gasteiger charge is -2.20. The Bertz CT molecular complexity index is 865. The van der Waals surface area contributed by atoms with Crippen LogP contribution >= 0.6 is 11.8 Å². The summed E-state index contributed by atoms with van der Waals surface area (Å²) in [6.45, 7) is 3.86. The van der Waals surface area contributed by atoms with Crippen molar-refractivity contribution < 1.29 is 14.7 Å². The minimum atomic E-state index is -0.926. The molecular weight excluding hydrogens is 356 g/mol. The van der Waals surface area contributed by atoms with E-state index in [4.69, 9.17) is 10.8 Å². The van der Waals surface area contributed by atoms with Gasteiger partial charge in [-0.05, 0) is 24.5 Å². The van der Waals surface area contributed by atoms with Gasteiger partial charge in [0.05, 0.1) is 16.2 Å². The first-order valence-electron chi connectivity index (χ1n) is 8.22. The molecule has 0 fully saturated rings. The maximum absolute atomic E-state index is 12.8. The summed E-state index contributed by atoms with van der Waals surface area (Å²) in [7, 11) is 0. The number of fused-ring (bicyclic) bond motifs is 1. The van der Waals surface area contributed by atoms with Gasteiger partial charge in [-0.25, -0.2) is 9.78 Å². The average Bonchev–Trinajstić information content (AvgIpc) is 2.58. The van der Waals surface area contributed by atoms with E-state index in [1.807, 2.05) is 13.8 Å². The van der Waals surface area contributed by atoms with Crippen molar-refractivity contribution in [1.29, 1.82) is 0 Å². The number of thioether (sulfide) groups is 1. The molecule has 1 atom stereocenters. The largest absolute Gasteiger partial charge is 0.396 e. The number of carbonyl (C=O) groups excluding carboxylic acids is 2. The van der Waals surface area contributed by atoms with Gasteiger partial charge < -0.3 is 10.8 Å². The second kappa shape index (κ2) is 8.81. The van der Waals surface area contributed by atoms with E-state index in [9.17, 15) is 14.4 Å². The summed E-state index contributed by atoms with van der Waals surface area (Å²) >= 11 is 1.10. The van der Waals surface area contributed by atoms with Crippen LogP contribution in [0.4, 0.5) is 4.79 Å². The molecule has 0 saturated carbocycles. The van der Waals surface area contributed by atoms with Crippen molar-refractivity contribution in [1.82, 2.24) is 14.9 Å². The fourth-order valence-electron chi connectivity index (χ4n) is 2.46. The molecule has 0 bridgehead atoms. The number of nitrogens with zero attached hydrogens (tertiary/aromatic N) is 2. The summed E-state index contributed by atoms with van der Waals surface area (Å²) in [6, 6.07) is 6.03. The highest BCUT2D eigenvalue weighted by atomic mass is 32.2. The third kappa shape index (κ3) is 4.61. The molecule has 3 amide bonds. The van der Waals surface area contributed by atoms with E-state index in [0.717, 1.165) is 11.8 Å². The Morgan fingerprint density at radius 2 is 2.04 bits per heavy atom. The number of aromatic nitrogens is 2. The molecule has 4 N–H and O–H groups in total. The number of urea groups is 1. The Morgan fingerprint density at radius 1 is 1.35 bits per heavy atom. The van der Waals surface area contributed by atoms with Gasteiger partial charge in [0, 0.05) is 13.2 Å². The molecule has 0 radical (unpaired) electrons. The molecular formula is C17H22N4O4S. The molecule has 0 aliphatic heterocycles. The van der Waals surface area contributed by atoms with E-state index in [-0.39, 0.29) is 24.6 Å². The van der Waals surface area contributed by atoms with Crippen molar-refractivity contribution >= 4 is 34.6 Å². The third-order valence-corrected chi connectivity index (χ3v) is 5.24. The van der Waals surface area contributed by atoms with Gasteiger partial charge in [0.15, 0.2) is 5.16 Å². The quantitative estimate of drug-likeness (QED) is 0.489. The fourth-order valence-corrected chi connectivity index (χ4v) is 3.58. The molecule has 2 aromatic rings. The van der Waals surface area contributed by atoms with Crippen molar-refractivity contribution in [3.05, 3.63) is 34.6 Å². The van der Waals surface area contributed by atoms with Crippen LogP contribution in [0.25, 0.3) is 10.9 Å². The number of hydrogen-bond acceptors (Lipinski definition) is 6. The molecule has 1 heterocycles. The number of aliphatic hydroxyl groups excluding tert-OH is 1. The van der Waals surface area contributed by atoms with Crippen LogP contribution in [0.3, 0.4) is 0 Å². The molecule has 140 valence electrons. The highest BCUT2D eigenvalue weighted by Gasteiger charge is 2.27. The Hall–Kier alpha value is -2.39. The van der Waals surface area contributed by atoms with E-state index < -0.39 is 17.2 Å². The summed E-state index contributed by atoms with van der Waals surface area (Å²) in [5.74, 6) is -0.664. The molecule has 0 saturated heterocycles. The van der Waals surface area contributed by atoms with Gasteiger partial charge in [0.25, 0.3) is 5.56 Å². The standard InChI is InChI=1S/C17H22N4O4S/c1-10(2)13(14(23)20-16(18)25)26-17-19-12-7-4-3-6-11(12)15(24)21(17)8-5-9-22/h3-4,6-7,10,13,22H,5,8-9H2,1-2H3,(H3,18,20,23,25). The van der Waals surface area contributed by atoms with E-state index in [2.05, 4.69) is 10.3 Å². The first-order chi connectivity index (χ1) is 12.3. The third-order valence-electron chi connectivity index (χ3n) is 3.71. The summed E-state index contributed by atoms with van der Waals surface area (Å²) in [6.07, 6.45) is 0.382. The maximum Gasteiger partial charge on any atom is 0.318 e.